The van der Waals surface area contributed by atoms with Crippen molar-refractivity contribution >= 4 is 23.2 Å². The van der Waals surface area contributed by atoms with Gasteiger partial charge in [0, 0.05) is 18.5 Å². The molecule has 2 aliphatic rings. The lowest BCUT2D eigenvalue weighted by atomic mass is 10.1. The number of hydrogen-bond acceptors (Lipinski definition) is 2. The maximum absolute atomic E-state index is 12.4. The normalized spacial score (nSPS) is 25.5. The van der Waals surface area contributed by atoms with Crippen molar-refractivity contribution < 1.29 is 9.21 Å². The second-order valence-electron chi connectivity index (χ2n) is 6.00. The summed E-state index contributed by atoms with van der Waals surface area (Å²) < 4.78 is 5.89. The molecule has 3 heteroatoms. The van der Waals surface area contributed by atoms with Gasteiger partial charge in [0.15, 0.2) is 0 Å². The molecule has 0 saturated heterocycles. The van der Waals surface area contributed by atoms with Gasteiger partial charge in [-0.1, -0.05) is 25.1 Å². The first-order chi connectivity index (χ1) is 10.1. The summed E-state index contributed by atoms with van der Waals surface area (Å²) in [5.41, 5.74) is 2.64. The Morgan fingerprint density at radius 2 is 2.00 bits per heavy atom. The van der Waals surface area contributed by atoms with Gasteiger partial charge in [-0.05, 0) is 36.6 Å². The van der Waals surface area contributed by atoms with Crippen molar-refractivity contribution in [2.45, 2.75) is 19.3 Å². The van der Waals surface area contributed by atoms with E-state index in [1.165, 1.54) is 6.42 Å². The van der Waals surface area contributed by atoms with Gasteiger partial charge in [0.2, 0.25) is 0 Å². The van der Waals surface area contributed by atoms with Crippen LogP contribution in [0.5, 0.6) is 0 Å². The van der Waals surface area contributed by atoms with Gasteiger partial charge >= 0.3 is 0 Å². The number of nitrogens with zero attached hydrogens (tertiary/aromatic N) is 1. The number of furan rings is 1. The van der Waals surface area contributed by atoms with Crippen molar-refractivity contribution in [2.24, 2.45) is 5.92 Å². The molecule has 4 rings (SSSR count). The number of likely N-dealkylation sites (N-methyl/N-ethyl adjacent to an activating group) is 1. The Morgan fingerprint density at radius 1 is 1.24 bits per heavy atom. The molecule has 106 valence electrons. The van der Waals surface area contributed by atoms with E-state index in [9.17, 15) is 4.79 Å². The Labute approximate surface area is 123 Å². The molecule has 0 bridgehead atoms. The average Bonchev–Trinajstić information content (AvgIpc) is 2.95. The fraction of sp³-hybridized carbons (Fsp3) is 0.278. The number of fused-ring (bicyclic) bond motifs is 1. The summed E-state index contributed by atoms with van der Waals surface area (Å²) in [6.07, 6.45) is 3.06. The molecule has 1 amide bonds. The lowest BCUT2D eigenvalue weighted by Gasteiger charge is -2.07. The maximum Gasteiger partial charge on any atom is 0.258 e. The van der Waals surface area contributed by atoms with Gasteiger partial charge in [-0.3, -0.25) is 4.79 Å². The highest BCUT2D eigenvalue weighted by atomic mass is 16.3. The van der Waals surface area contributed by atoms with Crippen LogP contribution in [0.4, 0.5) is 5.69 Å². The summed E-state index contributed by atoms with van der Waals surface area (Å²) in [4.78, 5) is 14.1. The Bertz CT molecular complexity index is 756. The highest BCUT2D eigenvalue weighted by Gasteiger charge is 2.36. The minimum Gasteiger partial charge on any atom is -0.461 e. The quantitative estimate of drug-likeness (QED) is 0.781. The third kappa shape index (κ3) is 1.92. The molecule has 1 aliphatic carbocycles. The zero-order chi connectivity index (χ0) is 14.6. The molecule has 2 atom stereocenters. The first-order valence-corrected chi connectivity index (χ1v) is 7.34. The molecule has 1 aliphatic heterocycles. The zero-order valence-corrected chi connectivity index (χ0v) is 12.2. The maximum atomic E-state index is 12.4. The van der Waals surface area contributed by atoms with Crippen molar-refractivity contribution in [3.8, 4) is 0 Å². The number of hydrogen-bond donors (Lipinski definition) is 0. The van der Waals surface area contributed by atoms with E-state index in [0.29, 0.717) is 11.5 Å². The molecule has 1 saturated carbocycles. The van der Waals surface area contributed by atoms with Gasteiger partial charge in [-0.2, -0.15) is 0 Å². The molecule has 1 aromatic heterocycles. The summed E-state index contributed by atoms with van der Waals surface area (Å²) in [7, 11) is 1.81. The first kappa shape index (κ1) is 12.5. The molecule has 3 nitrogen and oxygen atoms in total. The number of amides is 1. The van der Waals surface area contributed by atoms with E-state index in [-0.39, 0.29) is 5.91 Å². The van der Waals surface area contributed by atoms with E-state index < -0.39 is 0 Å². The number of benzene rings is 1. The van der Waals surface area contributed by atoms with E-state index >= 15 is 0 Å². The lowest BCUT2D eigenvalue weighted by Crippen LogP contribution is -2.20. The van der Waals surface area contributed by atoms with E-state index in [1.807, 2.05) is 42.5 Å². The first-order valence-electron chi connectivity index (χ1n) is 7.34. The fourth-order valence-corrected chi connectivity index (χ4v) is 3.04. The third-order valence-electron chi connectivity index (χ3n) is 4.50. The van der Waals surface area contributed by atoms with Gasteiger partial charge < -0.3 is 9.32 Å². The van der Waals surface area contributed by atoms with Crippen LogP contribution in [-0.4, -0.2) is 13.0 Å². The van der Waals surface area contributed by atoms with E-state index in [1.54, 1.807) is 11.9 Å². The molecule has 0 radical (unpaired) electrons. The molecular weight excluding hydrogens is 262 g/mol. The second kappa shape index (κ2) is 4.35. The molecule has 0 N–H and O–H groups in total. The molecular formula is C18H17NO2. The fourth-order valence-electron chi connectivity index (χ4n) is 3.04. The van der Waals surface area contributed by atoms with E-state index in [0.717, 1.165) is 28.7 Å². The molecule has 2 heterocycles. The van der Waals surface area contributed by atoms with Crippen LogP contribution < -0.4 is 4.90 Å². The summed E-state index contributed by atoms with van der Waals surface area (Å²) in [5, 5.41) is 0. The third-order valence-corrected chi connectivity index (χ3v) is 4.50. The van der Waals surface area contributed by atoms with Crippen LogP contribution in [0.3, 0.4) is 0 Å². The summed E-state index contributed by atoms with van der Waals surface area (Å²) in [5.74, 6) is 3.11. The number of anilines is 1. The van der Waals surface area contributed by atoms with Gasteiger partial charge in [-0.15, -0.1) is 0 Å². The highest BCUT2D eigenvalue weighted by Crippen LogP contribution is 2.47. The minimum absolute atomic E-state index is 0.0222. The largest absolute Gasteiger partial charge is 0.461 e. The molecule has 0 spiro atoms. The molecule has 21 heavy (non-hydrogen) atoms. The van der Waals surface area contributed by atoms with Gasteiger partial charge in [0.25, 0.3) is 5.91 Å². The Balaban J connectivity index is 1.72. The van der Waals surface area contributed by atoms with E-state index in [4.69, 9.17) is 4.42 Å². The predicted octanol–water partition coefficient (Wildman–Crippen LogP) is 3.92. The Morgan fingerprint density at radius 3 is 2.76 bits per heavy atom. The minimum atomic E-state index is 0.0222. The molecule has 2 aromatic rings. The molecule has 1 fully saturated rings. The van der Waals surface area contributed by atoms with Crippen molar-refractivity contribution in [2.75, 3.05) is 11.9 Å². The summed E-state index contributed by atoms with van der Waals surface area (Å²) >= 11 is 0. The van der Waals surface area contributed by atoms with Crippen LogP contribution in [0.2, 0.25) is 0 Å². The van der Waals surface area contributed by atoms with Crippen LogP contribution in [0, 0.1) is 5.92 Å². The molecule has 0 unspecified atom stereocenters. The topological polar surface area (TPSA) is 33.5 Å². The average molecular weight is 279 g/mol. The SMILES string of the molecule is C[C@@H]1C[C@@H]1c1ccc(/C=C2\C(=O)N(C)c3ccccc32)o1. The molecule has 1 aromatic carbocycles. The summed E-state index contributed by atoms with van der Waals surface area (Å²) in [6, 6.07) is 11.9. The summed E-state index contributed by atoms with van der Waals surface area (Å²) in [6.45, 7) is 2.23. The predicted molar refractivity (Wildman–Crippen MR) is 83.0 cm³/mol. The van der Waals surface area contributed by atoms with Crippen LogP contribution in [0.15, 0.2) is 40.8 Å². The van der Waals surface area contributed by atoms with Crippen LogP contribution >= 0.6 is 0 Å². The van der Waals surface area contributed by atoms with Crippen LogP contribution in [-0.2, 0) is 4.79 Å². The number of rotatable bonds is 2. The Kier molecular flexibility index (Phi) is 2.58. The second-order valence-corrected chi connectivity index (χ2v) is 6.00. The number of carbonyl (C=O) groups is 1. The van der Waals surface area contributed by atoms with Gasteiger partial charge in [0.05, 0.1) is 11.3 Å². The van der Waals surface area contributed by atoms with Crippen molar-refractivity contribution in [1.29, 1.82) is 0 Å². The Hall–Kier alpha value is -2.29. The standard InChI is InChI=1S/C18H17NO2/c1-11-9-14(11)17-8-7-12(21-17)10-15-13-5-3-4-6-16(13)19(2)18(15)20/h3-8,10-11,14H,9H2,1-2H3/b15-10-/t11-,14+/m1/s1. The van der Waals surface area contributed by atoms with Gasteiger partial charge in [-0.25, -0.2) is 0 Å². The highest BCUT2D eigenvalue weighted by molar-refractivity contribution is 6.35. The monoisotopic (exact) mass is 279 g/mol. The number of para-hydroxylation sites is 1. The number of carbonyl (C=O) groups excluding carboxylic acids is 1. The van der Waals surface area contributed by atoms with Crippen molar-refractivity contribution in [3.05, 3.63) is 53.5 Å². The lowest BCUT2D eigenvalue weighted by molar-refractivity contribution is -0.112. The van der Waals surface area contributed by atoms with Crippen molar-refractivity contribution in [3.63, 3.8) is 0 Å². The van der Waals surface area contributed by atoms with Crippen molar-refractivity contribution in [1.82, 2.24) is 0 Å². The van der Waals surface area contributed by atoms with Crippen LogP contribution in [0.1, 0.15) is 36.3 Å². The van der Waals surface area contributed by atoms with Gasteiger partial charge in [0.1, 0.15) is 11.5 Å². The van der Waals surface area contributed by atoms with E-state index in [2.05, 4.69) is 6.92 Å². The smallest absolute Gasteiger partial charge is 0.258 e. The van der Waals surface area contributed by atoms with Crippen LogP contribution in [0.25, 0.3) is 11.6 Å². The zero-order valence-electron chi connectivity index (χ0n) is 12.2.